The van der Waals surface area contributed by atoms with Crippen molar-refractivity contribution in [3.63, 3.8) is 0 Å². The van der Waals surface area contributed by atoms with Crippen LogP contribution in [0.15, 0.2) is 60.8 Å². The first kappa shape index (κ1) is 16.4. The Morgan fingerprint density at radius 1 is 0.960 bits per heavy atom. The molecule has 2 heterocycles. The Hall–Kier alpha value is -2.10. The monoisotopic (exact) mass is 333 g/mol. The lowest BCUT2D eigenvalue weighted by atomic mass is 10.0. The van der Waals surface area contributed by atoms with Crippen molar-refractivity contribution in [1.29, 1.82) is 0 Å². The molecular weight excluding hydrogens is 306 g/mol. The van der Waals surface area contributed by atoms with Crippen LogP contribution in [0.5, 0.6) is 0 Å². The van der Waals surface area contributed by atoms with Gasteiger partial charge in [0.15, 0.2) is 0 Å². The Kier molecular flexibility index (Phi) is 5.14. The van der Waals surface area contributed by atoms with E-state index in [-0.39, 0.29) is 0 Å². The first-order valence-electron chi connectivity index (χ1n) is 9.43. The number of para-hydroxylation sites is 1. The van der Waals surface area contributed by atoms with Gasteiger partial charge in [0, 0.05) is 36.2 Å². The lowest BCUT2D eigenvalue weighted by Gasteiger charge is -2.32. The zero-order valence-electron chi connectivity index (χ0n) is 14.7. The minimum atomic E-state index is 0.657. The van der Waals surface area contributed by atoms with E-state index >= 15 is 0 Å². The Morgan fingerprint density at radius 2 is 1.72 bits per heavy atom. The van der Waals surface area contributed by atoms with Gasteiger partial charge in [0.1, 0.15) is 0 Å². The van der Waals surface area contributed by atoms with E-state index in [1.807, 2.05) is 0 Å². The van der Waals surface area contributed by atoms with Gasteiger partial charge in [-0.2, -0.15) is 0 Å². The molecule has 3 nitrogen and oxygen atoms in total. The number of aromatic nitrogens is 1. The molecule has 1 aliphatic rings. The van der Waals surface area contributed by atoms with Crippen LogP contribution in [0.25, 0.3) is 10.9 Å². The maximum absolute atomic E-state index is 3.72. The summed E-state index contributed by atoms with van der Waals surface area (Å²) in [6.07, 6.45) is 5.81. The molecule has 0 spiro atoms. The van der Waals surface area contributed by atoms with Gasteiger partial charge in [0.05, 0.1) is 0 Å². The SMILES string of the molecule is c1ccc(CNC2CCN(CCc3c[nH]c4ccccc34)CC2)cc1. The van der Waals surface area contributed by atoms with Crippen molar-refractivity contribution in [1.82, 2.24) is 15.2 Å². The normalized spacial score (nSPS) is 16.5. The summed E-state index contributed by atoms with van der Waals surface area (Å²) < 4.78 is 0. The number of benzene rings is 2. The van der Waals surface area contributed by atoms with Gasteiger partial charge >= 0.3 is 0 Å². The smallest absolute Gasteiger partial charge is 0.0456 e. The highest BCUT2D eigenvalue weighted by molar-refractivity contribution is 5.83. The number of nitrogens with one attached hydrogen (secondary N) is 2. The molecule has 4 rings (SSSR count). The van der Waals surface area contributed by atoms with Crippen LogP contribution in [0.2, 0.25) is 0 Å². The van der Waals surface area contributed by atoms with Crippen LogP contribution >= 0.6 is 0 Å². The van der Waals surface area contributed by atoms with Crippen molar-refractivity contribution in [3.8, 4) is 0 Å². The van der Waals surface area contributed by atoms with Crippen LogP contribution in [0, 0.1) is 0 Å². The third-order valence-corrected chi connectivity index (χ3v) is 5.40. The Morgan fingerprint density at radius 3 is 2.56 bits per heavy atom. The second-order valence-corrected chi connectivity index (χ2v) is 7.09. The topological polar surface area (TPSA) is 31.1 Å². The highest BCUT2D eigenvalue weighted by atomic mass is 15.1. The molecule has 0 radical (unpaired) electrons. The summed E-state index contributed by atoms with van der Waals surface area (Å²) in [6.45, 7) is 4.55. The molecule has 1 aromatic heterocycles. The van der Waals surface area contributed by atoms with Crippen LogP contribution in [0.4, 0.5) is 0 Å². The van der Waals surface area contributed by atoms with E-state index < -0.39 is 0 Å². The lowest BCUT2D eigenvalue weighted by Crippen LogP contribution is -2.42. The second-order valence-electron chi connectivity index (χ2n) is 7.09. The molecule has 1 fully saturated rings. The Balaban J connectivity index is 1.22. The van der Waals surface area contributed by atoms with Gasteiger partial charge in [0.2, 0.25) is 0 Å². The minimum absolute atomic E-state index is 0.657. The molecule has 2 aromatic carbocycles. The zero-order valence-corrected chi connectivity index (χ0v) is 14.7. The van der Waals surface area contributed by atoms with Gasteiger partial charge in [-0.05, 0) is 49.5 Å². The van der Waals surface area contributed by atoms with Crippen molar-refractivity contribution in [2.45, 2.75) is 31.8 Å². The lowest BCUT2D eigenvalue weighted by molar-refractivity contribution is 0.199. The van der Waals surface area contributed by atoms with E-state index in [4.69, 9.17) is 0 Å². The molecule has 0 unspecified atom stereocenters. The molecule has 1 saturated heterocycles. The standard InChI is InChI=1S/C22H27N3/c1-2-6-18(7-3-1)16-23-20-11-14-25(15-12-20)13-10-19-17-24-22-9-5-4-8-21(19)22/h1-9,17,20,23-24H,10-16H2. The van der Waals surface area contributed by atoms with Gasteiger partial charge in [-0.3, -0.25) is 0 Å². The first-order valence-corrected chi connectivity index (χ1v) is 9.43. The third kappa shape index (κ3) is 4.12. The number of fused-ring (bicyclic) bond motifs is 1. The van der Waals surface area contributed by atoms with Crippen molar-refractivity contribution in [2.75, 3.05) is 19.6 Å². The number of H-pyrrole nitrogens is 1. The number of rotatable bonds is 6. The highest BCUT2D eigenvalue weighted by Crippen LogP contribution is 2.19. The van der Waals surface area contributed by atoms with Crippen LogP contribution in [0.3, 0.4) is 0 Å². The highest BCUT2D eigenvalue weighted by Gasteiger charge is 2.18. The molecule has 25 heavy (non-hydrogen) atoms. The summed E-state index contributed by atoms with van der Waals surface area (Å²) in [5, 5.41) is 5.10. The molecule has 0 aliphatic carbocycles. The molecule has 2 N–H and O–H groups in total. The van der Waals surface area contributed by atoms with Gasteiger partial charge in [-0.15, -0.1) is 0 Å². The zero-order chi connectivity index (χ0) is 16.9. The summed E-state index contributed by atoms with van der Waals surface area (Å²) in [7, 11) is 0. The van der Waals surface area contributed by atoms with Gasteiger partial charge in [-0.1, -0.05) is 48.5 Å². The third-order valence-electron chi connectivity index (χ3n) is 5.40. The van der Waals surface area contributed by atoms with E-state index in [9.17, 15) is 0 Å². The number of hydrogen-bond acceptors (Lipinski definition) is 2. The molecule has 130 valence electrons. The molecule has 1 aliphatic heterocycles. The number of likely N-dealkylation sites (tertiary alicyclic amines) is 1. The first-order chi connectivity index (χ1) is 12.4. The molecular formula is C22H27N3. The van der Waals surface area contributed by atoms with Gasteiger partial charge in [-0.25, -0.2) is 0 Å². The van der Waals surface area contributed by atoms with Crippen molar-refractivity contribution in [2.24, 2.45) is 0 Å². The summed E-state index contributed by atoms with van der Waals surface area (Å²) >= 11 is 0. The largest absolute Gasteiger partial charge is 0.361 e. The van der Waals surface area contributed by atoms with Crippen molar-refractivity contribution >= 4 is 10.9 Å². The predicted octanol–water partition coefficient (Wildman–Crippen LogP) is 3.96. The average Bonchev–Trinajstić information content (AvgIpc) is 3.10. The summed E-state index contributed by atoms with van der Waals surface area (Å²) in [4.78, 5) is 6.00. The molecule has 0 atom stereocenters. The Labute approximate surface area is 150 Å². The fourth-order valence-corrected chi connectivity index (χ4v) is 3.84. The summed E-state index contributed by atoms with van der Waals surface area (Å²) in [6, 6.07) is 20.0. The van der Waals surface area contributed by atoms with Crippen LogP contribution in [-0.4, -0.2) is 35.6 Å². The maximum atomic E-state index is 3.72. The molecule has 0 amide bonds. The number of aromatic amines is 1. The van der Waals surface area contributed by atoms with Crippen LogP contribution in [-0.2, 0) is 13.0 Å². The van der Waals surface area contributed by atoms with Crippen molar-refractivity contribution in [3.05, 3.63) is 71.9 Å². The summed E-state index contributed by atoms with van der Waals surface area (Å²) in [5.74, 6) is 0. The van der Waals surface area contributed by atoms with E-state index in [0.29, 0.717) is 6.04 Å². The van der Waals surface area contributed by atoms with Gasteiger partial charge < -0.3 is 15.2 Å². The van der Waals surface area contributed by atoms with E-state index in [0.717, 1.165) is 19.5 Å². The fraction of sp³-hybridized carbons (Fsp3) is 0.364. The van der Waals surface area contributed by atoms with E-state index in [1.165, 1.54) is 48.0 Å². The average molecular weight is 333 g/mol. The van der Waals surface area contributed by atoms with Crippen LogP contribution in [0.1, 0.15) is 24.0 Å². The number of nitrogens with zero attached hydrogens (tertiary/aromatic N) is 1. The quantitative estimate of drug-likeness (QED) is 0.715. The molecule has 3 heteroatoms. The maximum Gasteiger partial charge on any atom is 0.0456 e. The van der Waals surface area contributed by atoms with E-state index in [2.05, 4.69) is 76.0 Å². The van der Waals surface area contributed by atoms with Gasteiger partial charge in [0.25, 0.3) is 0 Å². The molecule has 0 bridgehead atoms. The number of hydrogen-bond donors (Lipinski definition) is 2. The van der Waals surface area contributed by atoms with Crippen molar-refractivity contribution < 1.29 is 0 Å². The molecule has 0 saturated carbocycles. The Bertz CT molecular complexity index is 785. The predicted molar refractivity (Wildman–Crippen MR) is 105 cm³/mol. The van der Waals surface area contributed by atoms with Crippen LogP contribution < -0.4 is 5.32 Å². The van der Waals surface area contributed by atoms with E-state index in [1.54, 1.807) is 0 Å². The number of piperidine rings is 1. The summed E-state index contributed by atoms with van der Waals surface area (Å²) in [5.41, 5.74) is 4.07. The fourth-order valence-electron chi connectivity index (χ4n) is 3.84. The second kappa shape index (κ2) is 7.85. The minimum Gasteiger partial charge on any atom is -0.361 e. The molecule has 3 aromatic rings.